The Hall–Kier alpha value is -3.04. The molecule has 0 saturated carbocycles. The Morgan fingerprint density at radius 3 is 2.54 bits per heavy atom. The molecular formula is C18H17F4N3O3. The lowest BCUT2D eigenvalue weighted by molar-refractivity contribution is -0.137. The number of benzene rings is 1. The van der Waals surface area contributed by atoms with Crippen molar-refractivity contribution in [2.45, 2.75) is 19.0 Å². The number of hydrogen-bond donors (Lipinski definition) is 2. The number of carbonyl (C=O) groups excluding carboxylic acids is 1. The predicted octanol–water partition coefficient (Wildman–Crippen LogP) is 3.81. The van der Waals surface area contributed by atoms with Crippen molar-refractivity contribution in [3.8, 4) is 11.5 Å². The van der Waals surface area contributed by atoms with Gasteiger partial charge < -0.3 is 20.1 Å². The predicted molar refractivity (Wildman–Crippen MR) is 93.3 cm³/mol. The quantitative estimate of drug-likeness (QED) is 0.765. The molecule has 150 valence electrons. The van der Waals surface area contributed by atoms with Crippen LogP contribution in [0.1, 0.15) is 28.8 Å². The number of nitrogens with one attached hydrogen (secondary N) is 1. The van der Waals surface area contributed by atoms with Crippen LogP contribution in [-0.4, -0.2) is 36.2 Å². The molecule has 0 spiro atoms. The lowest BCUT2D eigenvalue weighted by atomic mass is 10.1. The van der Waals surface area contributed by atoms with Gasteiger partial charge in [-0.05, 0) is 31.0 Å². The van der Waals surface area contributed by atoms with Gasteiger partial charge in [-0.1, -0.05) is 0 Å². The molecule has 0 aliphatic carbocycles. The Bertz CT molecular complexity index is 896. The fourth-order valence-electron chi connectivity index (χ4n) is 2.98. The van der Waals surface area contributed by atoms with Crippen molar-refractivity contribution in [1.82, 2.24) is 4.98 Å². The monoisotopic (exact) mass is 399 g/mol. The third-order valence-corrected chi connectivity index (χ3v) is 4.35. The zero-order valence-corrected chi connectivity index (χ0v) is 14.8. The number of aromatic hydroxyl groups is 1. The molecule has 2 aromatic rings. The molecule has 1 aromatic carbocycles. The summed E-state index contributed by atoms with van der Waals surface area (Å²) in [5.74, 6) is -3.19. The zero-order chi connectivity index (χ0) is 20.5. The number of ether oxygens (including phenoxy) is 1. The van der Waals surface area contributed by atoms with Gasteiger partial charge in [-0.2, -0.15) is 13.2 Å². The highest BCUT2D eigenvalue weighted by Gasteiger charge is 2.37. The van der Waals surface area contributed by atoms with Gasteiger partial charge >= 0.3 is 6.18 Å². The molecule has 2 N–H and O–H groups in total. The van der Waals surface area contributed by atoms with E-state index in [-0.39, 0.29) is 22.8 Å². The van der Waals surface area contributed by atoms with Gasteiger partial charge in [-0.25, -0.2) is 9.37 Å². The maximum absolute atomic E-state index is 13.7. The third kappa shape index (κ3) is 3.95. The molecule has 10 heteroatoms. The van der Waals surface area contributed by atoms with E-state index in [1.54, 1.807) is 4.90 Å². The van der Waals surface area contributed by atoms with Crippen molar-refractivity contribution in [2.24, 2.45) is 0 Å². The molecule has 0 bridgehead atoms. The lowest BCUT2D eigenvalue weighted by Crippen LogP contribution is -2.24. The number of halogens is 4. The molecule has 1 saturated heterocycles. The highest BCUT2D eigenvalue weighted by atomic mass is 19.4. The molecule has 0 atom stereocenters. The van der Waals surface area contributed by atoms with E-state index in [0.29, 0.717) is 13.1 Å². The van der Waals surface area contributed by atoms with Crippen molar-refractivity contribution in [1.29, 1.82) is 0 Å². The molecule has 28 heavy (non-hydrogen) atoms. The first kappa shape index (κ1) is 19.7. The van der Waals surface area contributed by atoms with E-state index in [1.165, 1.54) is 7.11 Å². The number of hydrogen-bond acceptors (Lipinski definition) is 5. The van der Waals surface area contributed by atoms with Crippen LogP contribution in [0.15, 0.2) is 24.4 Å². The van der Waals surface area contributed by atoms with Gasteiger partial charge in [0.1, 0.15) is 11.4 Å². The highest BCUT2D eigenvalue weighted by Crippen LogP contribution is 2.38. The summed E-state index contributed by atoms with van der Waals surface area (Å²) in [6.07, 6.45) is -1.97. The first-order chi connectivity index (χ1) is 13.2. The first-order valence-corrected chi connectivity index (χ1v) is 8.40. The lowest BCUT2D eigenvalue weighted by Gasteiger charge is -2.22. The van der Waals surface area contributed by atoms with E-state index in [2.05, 4.69) is 10.3 Å². The topological polar surface area (TPSA) is 74.7 Å². The van der Waals surface area contributed by atoms with Crippen LogP contribution >= 0.6 is 0 Å². The molecule has 1 aliphatic rings. The molecule has 0 unspecified atom stereocenters. The molecule has 0 radical (unpaired) electrons. The van der Waals surface area contributed by atoms with Gasteiger partial charge in [0, 0.05) is 18.7 Å². The van der Waals surface area contributed by atoms with Crippen LogP contribution in [0.2, 0.25) is 0 Å². The molecular weight excluding hydrogens is 382 g/mol. The summed E-state index contributed by atoms with van der Waals surface area (Å²) in [6, 6.07) is 2.63. The molecule has 1 aromatic heterocycles. The average molecular weight is 399 g/mol. The van der Waals surface area contributed by atoms with Crippen molar-refractivity contribution < 1.29 is 32.2 Å². The summed E-state index contributed by atoms with van der Waals surface area (Å²) in [5.41, 5.74) is -1.38. The molecule has 1 amide bonds. The summed E-state index contributed by atoms with van der Waals surface area (Å²) in [5, 5.41) is 11.7. The minimum atomic E-state index is -4.65. The van der Waals surface area contributed by atoms with Crippen LogP contribution in [0, 0.1) is 5.82 Å². The number of amides is 1. The van der Waals surface area contributed by atoms with Gasteiger partial charge in [-0.15, -0.1) is 0 Å². The Kier molecular flexibility index (Phi) is 5.30. The second-order valence-electron chi connectivity index (χ2n) is 6.25. The van der Waals surface area contributed by atoms with E-state index in [0.717, 1.165) is 37.2 Å². The largest absolute Gasteiger partial charge is 0.502 e. The van der Waals surface area contributed by atoms with E-state index < -0.39 is 29.2 Å². The number of rotatable bonds is 4. The molecule has 2 heterocycles. The van der Waals surface area contributed by atoms with Crippen molar-refractivity contribution >= 4 is 17.4 Å². The Labute approximate surface area is 157 Å². The molecule has 3 rings (SSSR count). The van der Waals surface area contributed by atoms with Crippen LogP contribution < -0.4 is 15.0 Å². The SMILES string of the molecule is COc1cc(C(=O)Nc2cnc(N3CCCC3)c(C(F)(F)F)c2)cc(F)c1O. The van der Waals surface area contributed by atoms with E-state index in [1.807, 2.05) is 0 Å². The Balaban J connectivity index is 1.90. The van der Waals surface area contributed by atoms with E-state index in [4.69, 9.17) is 4.74 Å². The number of pyridine rings is 1. The van der Waals surface area contributed by atoms with Crippen molar-refractivity contribution in [3.63, 3.8) is 0 Å². The number of methoxy groups -OCH3 is 1. The summed E-state index contributed by atoms with van der Waals surface area (Å²) in [4.78, 5) is 17.8. The van der Waals surface area contributed by atoms with Gasteiger partial charge in [-0.3, -0.25) is 4.79 Å². The standard InChI is InChI=1S/C18H17F4N3O3/c1-28-14-7-10(6-13(19)15(14)26)17(27)24-11-8-12(18(20,21)22)16(23-9-11)25-4-2-3-5-25/h6-9,26H,2-5H2,1H3,(H,24,27). The minimum Gasteiger partial charge on any atom is -0.502 e. The van der Waals surface area contributed by atoms with Crippen LogP contribution in [-0.2, 0) is 6.18 Å². The summed E-state index contributed by atoms with van der Waals surface area (Å²) < 4.78 is 58.9. The number of aromatic nitrogens is 1. The number of alkyl halides is 3. The van der Waals surface area contributed by atoms with Gasteiger partial charge in [0.15, 0.2) is 17.3 Å². The average Bonchev–Trinajstić information content (AvgIpc) is 3.17. The van der Waals surface area contributed by atoms with Crippen molar-refractivity contribution in [3.05, 3.63) is 41.3 Å². The van der Waals surface area contributed by atoms with Gasteiger partial charge in [0.2, 0.25) is 0 Å². The number of phenols is 1. The second-order valence-corrected chi connectivity index (χ2v) is 6.25. The van der Waals surface area contributed by atoms with E-state index >= 15 is 0 Å². The molecule has 6 nitrogen and oxygen atoms in total. The normalized spacial score (nSPS) is 14.2. The Morgan fingerprint density at radius 2 is 1.93 bits per heavy atom. The Morgan fingerprint density at radius 1 is 1.25 bits per heavy atom. The van der Waals surface area contributed by atoms with E-state index in [9.17, 15) is 27.5 Å². The van der Waals surface area contributed by atoms with Crippen LogP contribution in [0.5, 0.6) is 11.5 Å². The maximum Gasteiger partial charge on any atom is 0.420 e. The molecule has 1 fully saturated rings. The van der Waals surface area contributed by atoms with Crippen molar-refractivity contribution in [2.75, 3.05) is 30.4 Å². The third-order valence-electron chi connectivity index (χ3n) is 4.35. The first-order valence-electron chi connectivity index (χ1n) is 8.40. The minimum absolute atomic E-state index is 0.180. The zero-order valence-electron chi connectivity index (χ0n) is 14.8. The molecule has 1 aliphatic heterocycles. The number of carbonyl (C=O) groups is 1. The number of nitrogens with zero attached hydrogens (tertiary/aromatic N) is 2. The number of phenolic OH excluding ortho intramolecular Hbond substituents is 1. The number of anilines is 2. The van der Waals surface area contributed by atoms with Crippen LogP contribution in [0.3, 0.4) is 0 Å². The summed E-state index contributed by atoms with van der Waals surface area (Å²) >= 11 is 0. The fraction of sp³-hybridized carbons (Fsp3) is 0.333. The summed E-state index contributed by atoms with van der Waals surface area (Å²) in [7, 11) is 1.17. The van der Waals surface area contributed by atoms with Crippen LogP contribution in [0.4, 0.5) is 29.1 Å². The smallest absolute Gasteiger partial charge is 0.420 e. The van der Waals surface area contributed by atoms with Gasteiger partial charge in [0.25, 0.3) is 5.91 Å². The second kappa shape index (κ2) is 7.53. The van der Waals surface area contributed by atoms with Crippen LogP contribution in [0.25, 0.3) is 0 Å². The summed E-state index contributed by atoms with van der Waals surface area (Å²) in [6.45, 7) is 0.961. The van der Waals surface area contributed by atoms with Gasteiger partial charge in [0.05, 0.1) is 19.0 Å². The highest BCUT2D eigenvalue weighted by molar-refractivity contribution is 6.04. The maximum atomic E-state index is 13.7. The fourth-order valence-corrected chi connectivity index (χ4v) is 2.98.